The molecular weight excluding hydrogens is 452 g/mol. The van der Waals surface area contributed by atoms with E-state index in [1.54, 1.807) is 24.3 Å². The van der Waals surface area contributed by atoms with Crippen molar-refractivity contribution in [2.45, 2.75) is 26.9 Å². The Hall–Kier alpha value is -4.74. The van der Waals surface area contributed by atoms with Gasteiger partial charge in [-0.3, -0.25) is 4.79 Å². The summed E-state index contributed by atoms with van der Waals surface area (Å²) in [5.74, 6) is 0.952. The molecule has 180 valence electrons. The summed E-state index contributed by atoms with van der Waals surface area (Å²) in [4.78, 5) is 13.0. The number of nitrogens with two attached hydrogens (primary N) is 1. The van der Waals surface area contributed by atoms with Crippen molar-refractivity contribution in [3.05, 3.63) is 59.8 Å². The zero-order chi connectivity index (χ0) is 24.8. The molecule has 35 heavy (non-hydrogen) atoms. The Labute approximate surface area is 200 Å². The molecular formula is C23H24N8O4. The number of rotatable bonds is 9. The number of hydrogen-bond acceptors (Lipinski definition) is 10. The normalized spacial score (nSPS) is 11.2. The predicted molar refractivity (Wildman–Crippen MR) is 127 cm³/mol. The number of benzene rings is 2. The van der Waals surface area contributed by atoms with Crippen LogP contribution in [-0.4, -0.2) is 50.1 Å². The number of ether oxygens (including phenoxy) is 2. The summed E-state index contributed by atoms with van der Waals surface area (Å²) in [7, 11) is 0. The molecule has 4 rings (SSSR count). The van der Waals surface area contributed by atoms with Gasteiger partial charge in [0, 0.05) is 5.56 Å². The van der Waals surface area contributed by atoms with Crippen LogP contribution in [0.2, 0.25) is 0 Å². The third-order valence-electron chi connectivity index (χ3n) is 4.65. The largest absolute Gasteiger partial charge is 0.494 e. The van der Waals surface area contributed by atoms with Crippen molar-refractivity contribution in [3.8, 4) is 28.6 Å². The Morgan fingerprint density at radius 3 is 2.49 bits per heavy atom. The lowest BCUT2D eigenvalue weighted by Gasteiger charge is -2.09. The second kappa shape index (κ2) is 10.5. The lowest BCUT2D eigenvalue weighted by molar-refractivity contribution is 0.0950. The van der Waals surface area contributed by atoms with Crippen LogP contribution in [0, 0.1) is 0 Å². The smallest absolute Gasteiger partial charge is 0.294 e. The van der Waals surface area contributed by atoms with E-state index in [4.69, 9.17) is 15.2 Å². The standard InChI is InChI=1S/C23H24N8O4/c1-4-33-17-11-7-16(8-12-17)20-19(26-30-31(20)22-21(24)28-35-29-22)23(32)27-25-13-15-5-9-18(10-6-15)34-14(2)3/h5-14H,4H2,1-3H3,(H2,24,28)(H,27,32)/b25-13+. The van der Waals surface area contributed by atoms with Crippen LogP contribution >= 0.6 is 0 Å². The molecule has 0 spiro atoms. The van der Waals surface area contributed by atoms with Gasteiger partial charge in [0.1, 0.15) is 17.2 Å². The molecule has 3 N–H and O–H groups in total. The fourth-order valence-electron chi connectivity index (χ4n) is 3.18. The van der Waals surface area contributed by atoms with Crippen molar-refractivity contribution in [3.63, 3.8) is 0 Å². The summed E-state index contributed by atoms with van der Waals surface area (Å²) in [6.07, 6.45) is 1.59. The van der Waals surface area contributed by atoms with Crippen LogP contribution in [0.5, 0.6) is 11.5 Å². The first-order chi connectivity index (χ1) is 17.0. The highest BCUT2D eigenvalue weighted by atomic mass is 16.6. The molecule has 2 aromatic carbocycles. The zero-order valence-electron chi connectivity index (χ0n) is 19.4. The zero-order valence-corrected chi connectivity index (χ0v) is 19.4. The second-order valence-electron chi connectivity index (χ2n) is 7.56. The molecule has 12 nitrogen and oxygen atoms in total. The number of carbonyl (C=O) groups is 1. The Kier molecular flexibility index (Phi) is 7.00. The fourth-order valence-corrected chi connectivity index (χ4v) is 3.18. The average molecular weight is 476 g/mol. The second-order valence-corrected chi connectivity index (χ2v) is 7.56. The molecule has 0 bridgehead atoms. The maximum atomic E-state index is 13.0. The van der Waals surface area contributed by atoms with Crippen molar-refractivity contribution in [2.75, 3.05) is 12.3 Å². The van der Waals surface area contributed by atoms with Gasteiger partial charge in [-0.2, -0.15) is 9.78 Å². The molecule has 0 unspecified atom stereocenters. The van der Waals surface area contributed by atoms with Gasteiger partial charge in [0.25, 0.3) is 5.91 Å². The van der Waals surface area contributed by atoms with E-state index in [1.807, 2.05) is 45.0 Å². The van der Waals surface area contributed by atoms with Crippen LogP contribution in [0.25, 0.3) is 17.1 Å². The molecule has 12 heteroatoms. The highest BCUT2D eigenvalue weighted by molar-refractivity contribution is 5.98. The molecule has 0 radical (unpaired) electrons. The van der Waals surface area contributed by atoms with Crippen molar-refractivity contribution in [2.24, 2.45) is 5.10 Å². The topological polar surface area (TPSA) is 156 Å². The Balaban J connectivity index is 1.59. The maximum absolute atomic E-state index is 13.0. The Morgan fingerprint density at radius 1 is 1.14 bits per heavy atom. The quantitative estimate of drug-likeness (QED) is 0.274. The number of anilines is 1. The van der Waals surface area contributed by atoms with E-state index >= 15 is 0 Å². The van der Waals surface area contributed by atoms with E-state index in [0.717, 1.165) is 11.3 Å². The molecule has 1 amide bonds. The van der Waals surface area contributed by atoms with Gasteiger partial charge >= 0.3 is 0 Å². The predicted octanol–water partition coefficient (Wildman–Crippen LogP) is 2.85. The van der Waals surface area contributed by atoms with Gasteiger partial charge in [0.2, 0.25) is 11.6 Å². The molecule has 0 atom stereocenters. The number of nitrogens with zero attached hydrogens (tertiary/aromatic N) is 6. The maximum Gasteiger partial charge on any atom is 0.294 e. The summed E-state index contributed by atoms with van der Waals surface area (Å²) in [5, 5.41) is 19.5. The number of nitrogens with one attached hydrogen (secondary N) is 1. The third-order valence-corrected chi connectivity index (χ3v) is 4.65. The highest BCUT2D eigenvalue weighted by Crippen LogP contribution is 2.28. The number of aromatic nitrogens is 5. The molecule has 4 aromatic rings. The van der Waals surface area contributed by atoms with Crippen LogP contribution in [0.15, 0.2) is 58.3 Å². The molecule has 0 saturated heterocycles. The minimum Gasteiger partial charge on any atom is -0.494 e. The van der Waals surface area contributed by atoms with Gasteiger partial charge < -0.3 is 15.2 Å². The van der Waals surface area contributed by atoms with Crippen molar-refractivity contribution < 1.29 is 18.9 Å². The average Bonchev–Trinajstić information content (AvgIpc) is 3.46. The number of carbonyl (C=O) groups excluding carboxylic acids is 1. The number of hydrazone groups is 1. The van der Waals surface area contributed by atoms with Gasteiger partial charge in [-0.1, -0.05) is 5.21 Å². The third kappa shape index (κ3) is 5.43. The van der Waals surface area contributed by atoms with Gasteiger partial charge in [-0.15, -0.1) is 5.10 Å². The van der Waals surface area contributed by atoms with Gasteiger partial charge in [-0.05, 0) is 85.2 Å². The fraction of sp³-hybridized carbons (Fsp3) is 0.217. The van der Waals surface area contributed by atoms with Crippen molar-refractivity contribution in [1.82, 2.24) is 30.7 Å². The summed E-state index contributed by atoms with van der Waals surface area (Å²) >= 11 is 0. The lowest BCUT2D eigenvalue weighted by atomic mass is 10.1. The lowest BCUT2D eigenvalue weighted by Crippen LogP contribution is -2.19. The number of amides is 1. The SMILES string of the molecule is CCOc1ccc(-c2c(C(=O)N/N=C/c3ccc(OC(C)C)cc3)nnn2-c2nonc2N)cc1. The Bertz CT molecular complexity index is 1310. The molecule has 0 aliphatic carbocycles. The number of hydrogen-bond donors (Lipinski definition) is 2. The summed E-state index contributed by atoms with van der Waals surface area (Å²) in [6.45, 7) is 6.33. The molecule has 0 aliphatic rings. The number of nitrogen functional groups attached to an aromatic ring is 1. The van der Waals surface area contributed by atoms with Gasteiger partial charge in [0.05, 0.1) is 18.9 Å². The Morgan fingerprint density at radius 2 is 1.86 bits per heavy atom. The van der Waals surface area contributed by atoms with E-state index in [0.29, 0.717) is 23.6 Å². The first-order valence-electron chi connectivity index (χ1n) is 10.8. The van der Waals surface area contributed by atoms with Crippen LogP contribution in [0.4, 0.5) is 5.82 Å². The molecule has 0 fully saturated rings. The van der Waals surface area contributed by atoms with Crippen molar-refractivity contribution >= 4 is 17.9 Å². The van der Waals surface area contributed by atoms with Gasteiger partial charge in [-0.25, -0.2) is 10.1 Å². The van der Waals surface area contributed by atoms with Crippen LogP contribution in [0.1, 0.15) is 36.8 Å². The van der Waals surface area contributed by atoms with Crippen LogP contribution < -0.4 is 20.6 Å². The monoisotopic (exact) mass is 476 g/mol. The molecule has 0 aliphatic heterocycles. The van der Waals surface area contributed by atoms with E-state index in [-0.39, 0.29) is 23.4 Å². The molecule has 2 aromatic heterocycles. The van der Waals surface area contributed by atoms with E-state index in [9.17, 15) is 4.79 Å². The summed E-state index contributed by atoms with van der Waals surface area (Å²) in [6, 6.07) is 14.4. The minimum absolute atomic E-state index is 0.00282. The van der Waals surface area contributed by atoms with Gasteiger partial charge in [0.15, 0.2) is 5.69 Å². The van der Waals surface area contributed by atoms with Crippen LogP contribution in [0.3, 0.4) is 0 Å². The molecule has 2 heterocycles. The molecule has 0 saturated carbocycles. The van der Waals surface area contributed by atoms with E-state index in [2.05, 4.69) is 35.8 Å². The van der Waals surface area contributed by atoms with Crippen molar-refractivity contribution in [1.29, 1.82) is 0 Å². The van der Waals surface area contributed by atoms with Crippen LogP contribution in [-0.2, 0) is 0 Å². The van der Waals surface area contributed by atoms with E-state index < -0.39 is 5.91 Å². The minimum atomic E-state index is -0.578. The summed E-state index contributed by atoms with van der Waals surface area (Å²) < 4.78 is 17.1. The summed E-state index contributed by atoms with van der Waals surface area (Å²) in [5.41, 5.74) is 10.1. The van der Waals surface area contributed by atoms with E-state index in [1.165, 1.54) is 10.9 Å². The first kappa shape index (κ1) is 23.4. The first-order valence-corrected chi connectivity index (χ1v) is 10.8. The highest BCUT2D eigenvalue weighted by Gasteiger charge is 2.25.